The van der Waals surface area contributed by atoms with E-state index in [9.17, 15) is 14.7 Å². The highest BCUT2D eigenvalue weighted by atomic mass is 16.5. The molecule has 1 saturated carbocycles. The second-order valence-electron chi connectivity index (χ2n) is 5.21. The standard InChI is InChI=1S/C15H16O5/c1-3-19-15(18)12-9-6-20-10-5-4-8(7(2)16)14(17)13(10)11(9)12/h4-5,9,11-12,17H,3,6H2,1-2H3/t9-,11+,12?/m1/s1. The van der Waals surface area contributed by atoms with E-state index in [1.165, 1.54) is 6.92 Å². The average Bonchev–Trinajstić information content (AvgIpc) is 3.13. The Hall–Kier alpha value is -2.04. The second kappa shape index (κ2) is 4.51. The van der Waals surface area contributed by atoms with Crippen LogP contribution in [0.3, 0.4) is 0 Å². The summed E-state index contributed by atoms with van der Waals surface area (Å²) in [4.78, 5) is 23.4. The lowest BCUT2D eigenvalue weighted by atomic mass is 9.98. The summed E-state index contributed by atoms with van der Waals surface area (Å²) in [7, 11) is 0. The van der Waals surface area contributed by atoms with Crippen molar-refractivity contribution in [1.29, 1.82) is 0 Å². The molecule has 1 fully saturated rings. The van der Waals surface area contributed by atoms with Gasteiger partial charge >= 0.3 is 5.97 Å². The molecule has 3 atom stereocenters. The number of esters is 1. The van der Waals surface area contributed by atoms with Crippen LogP contribution >= 0.6 is 0 Å². The smallest absolute Gasteiger partial charge is 0.309 e. The van der Waals surface area contributed by atoms with E-state index < -0.39 is 0 Å². The number of aromatic hydroxyl groups is 1. The van der Waals surface area contributed by atoms with Gasteiger partial charge in [-0.3, -0.25) is 9.59 Å². The number of hydrogen-bond donors (Lipinski definition) is 1. The van der Waals surface area contributed by atoms with Gasteiger partial charge in [0.1, 0.15) is 11.5 Å². The number of phenols is 1. The number of ether oxygens (including phenoxy) is 2. The van der Waals surface area contributed by atoms with Crippen LogP contribution in [0.25, 0.3) is 0 Å². The molecule has 1 aromatic carbocycles. The molecule has 2 aliphatic rings. The highest BCUT2D eigenvalue weighted by Crippen LogP contribution is 2.62. The van der Waals surface area contributed by atoms with Gasteiger partial charge in [-0.1, -0.05) is 0 Å². The number of fused-ring (bicyclic) bond motifs is 3. The van der Waals surface area contributed by atoms with Crippen molar-refractivity contribution in [2.45, 2.75) is 19.8 Å². The zero-order valence-electron chi connectivity index (χ0n) is 11.4. The van der Waals surface area contributed by atoms with Gasteiger partial charge in [-0.2, -0.15) is 0 Å². The summed E-state index contributed by atoms with van der Waals surface area (Å²) in [6.07, 6.45) is 0. The molecule has 5 nitrogen and oxygen atoms in total. The second-order valence-corrected chi connectivity index (χ2v) is 5.21. The van der Waals surface area contributed by atoms with Crippen molar-refractivity contribution in [2.24, 2.45) is 11.8 Å². The van der Waals surface area contributed by atoms with Crippen molar-refractivity contribution in [3.8, 4) is 11.5 Å². The zero-order valence-corrected chi connectivity index (χ0v) is 11.4. The van der Waals surface area contributed by atoms with Crippen LogP contribution in [0.2, 0.25) is 0 Å². The normalized spacial score (nSPS) is 26.0. The lowest BCUT2D eigenvalue weighted by molar-refractivity contribution is -0.145. The van der Waals surface area contributed by atoms with E-state index in [0.717, 1.165) is 0 Å². The molecule has 1 aliphatic carbocycles. The van der Waals surface area contributed by atoms with E-state index in [1.54, 1.807) is 19.1 Å². The van der Waals surface area contributed by atoms with E-state index in [-0.39, 0.29) is 40.8 Å². The Morgan fingerprint density at radius 3 is 2.85 bits per heavy atom. The quantitative estimate of drug-likeness (QED) is 0.674. The summed E-state index contributed by atoms with van der Waals surface area (Å²) in [5.74, 6) is -0.305. The molecule has 0 spiro atoms. The number of rotatable bonds is 3. The minimum atomic E-state index is -0.274. The van der Waals surface area contributed by atoms with Crippen LogP contribution in [0.5, 0.6) is 11.5 Å². The van der Waals surface area contributed by atoms with Crippen molar-refractivity contribution in [3.63, 3.8) is 0 Å². The molecular weight excluding hydrogens is 260 g/mol. The van der Waals surface area contributed by atoms with E-state index in [0.29, 0.717) is 24.5 Å². The van der Waals surface area contributed by atoms with Crippen molar-refractivity contribution >= 4 is 11.8 Å². The molecule has 106 valence electrons. The number of benzene rings is 1. The van der Waals surface area contributed by atoms with E-state index >= 15 is 0 Å². The van der Waals surface area contributed by atoms with Gasteiger partial charge in [0.25, 0.3) is 0 Å². The van der Waals surface area contributed by atoms with Crippen LogP contribution in [-0.4, -0.2) is 30.1 Å². The topological polar surface area (TPSA) is 72.8 Å². The maximum absolute atomic E-state index is 11.9. The van der Waals surface area contributed by atoms with Crippen LogP contribution in [0.4, 0.5) is 0 Å². The number of Topliss-reactive ketones (excluding diaryl/α,β-unsaturated/α-hetero) is 1. The predicted molar refractivity (Wildman–Crippen MR) is 70.0 cm³/mol. The van der Waals surface area contributed by atoms with Crippen molar-refractivity contribution in [1.82, 2.24) is 0 Å². The first kappa shape index (κ1) is 13.0. The fourth-order valence-corrected chi connectivity index (χ4v) is 3.04. The number of ketones is 1. The van der Waals surface area contributed by atoms with Gasteiger partial charge in [-0.25, -0.2) is 0 Å². The van der Waals surface area contributed by atoms with E-state index in [2.05, 4.69) is 0 Å². The molecule has 20 heavy (non-hydrogen) atoms. The summed E-state index contributed by atoms with van der Waals surface area (Å²) >= 11 is 0. The molecule has 0 bridgehead atoms. The molecule has 0 amide bonds. The minimum Gasteiger partial charge on any atom is -0.507 e. The molecule has 3 rings (SSSR count). The molecule has 1 aromatic rings. The first-order valence-electron chi connectivity index (χ1n) is 6.72. The first-order valence-corrected chi connectivity index (χ1v) is 6.72. The van der Waals surface area contributed by atoms with Crippen molar-refractivity contribution in [3.05, 3.63) is 23.3 Å². The Kier molecular flexibility index (Phi) is 2.92. The first-order chi connectivity index (χ1) is 9.56. The van der Waals surface area contributed by atoms with Crippen LogP contribution in [0, 0.1) is 11.8 Å². The summed E-state index contributed by atoms with van der Waals surface area (Å²) < 4.78 is 10.6. The fraction of sp³-hybridized carbons (Fsp3) is 0.467. The van der Waals surface area contributed by atoms with Gasteiger partial charge in [0.05, 0.1) is 24.7 Å². The highest BCUT2D eigenvalue weighted by molar-refractivity contribution is 5.98. The fourth-order valence-electron chi connectivity index (χ4n) is 3.04. The Bertz CT molecular complexity index is 592. The monoisotopic (exact) mass is 276 g/mol. The molecule has 1 aliphatic heterocycles. The molecule has 0 aromatic heterocycles. The van der Waals surface area contributed by atoms with Gasteiger partial charge < -0.3 is 14.6 Å². The van der Waals surface area contributed by atoms with Gasteiger partial charge in [-0.05, 0) is 26.0 Å². The Morgan fingerprint density at radius 1 is 1.45 bits per heavy atom. The number of carbonyl (C=O) groups excluding carboxylic acids is 2. The van der Waals surface area contributed by atoms with Crippen LogP contribution in [-0.2, 0) is 9.53 Å². The zero-order chi connectivity index (χ0) is 14.4. The van der Waals surface area contributed by atoms with Crippen LogP contribution in [0.15, 0.2) is 12.1 Å². The van der Waals surface area contributed by atoms with E-state index in [1.807, 2.05) is 0 Å². The third-order valence-corrected chi connectivity index (χ3v) is 4.05. The van der Waals surface area contributed by atoms with Crippen molar-refractivity contribution < 1.29 is 24.2 Å². The summed E-state index contributed by atoms with van der Waals surface area (Å²) in [6, 6.07) is 3.24. The Morgan fingerprint density at radius 2 is 2.20 bits per heavy atom. The van der Waals surface area contributed by atoms with Gasteiger partial charge in [0.2, 0.25) is 0 Å². The Balaban J connectivity index is 1.98. The molecule has 1 unspecified atom stereocenters. The van der Waals surface area contributed by atoms with E-state index in [4.69, 9.17) is 9.47 Å². The predicted octanol–water partition coefficient (Wildman–Crippen LogP) is 1.88. The van der Waals surface area contributed by atoms with Gasteiger partial charge in [-0.15, -0.1) is 0 Å². The maximum atomic E-state index is 11.9. The van der Waals surface area contributed by atoms with Crippen molar-refractivity contribution in [2.75, 3.05) is 13.2 Å². The molecule has 0 saturated heterocycles. The number of carbonyl (C=O) groups is 2. The molecule has 5 heteroatoms. The highest BCUT2D eigenvalue weighted by Gasteiger charge is 2.60. The number of phenolic OH excluding ortho intramolecular Hbond substituents is 1. The minimum absolute atomic E-state index is 0.0367. The van der Waals surface area contributed by atoms with Crippen LogP contribution in [0.1, 0.15) is 35.7 Å². The summed E-state index contributed by atoms with van der Waals surface area (Å²) in [5.41, 5.74) is 0.842. The maximum Gasteiger partial charge on any atom is 0.309 e. The summed E-state index contributed by atoms with van der Waals surface area (Å²) in [6.45, 7) is 3.94. The molecule has 1 N–H and O–H groups in total. The Labute approximate surface area is 116 Å². The van der Waals surface area contributed by atoms with Crippen LogP contribution < -0.4 is 4.74 Å². The molecular formula is C15H16O5. The lowest BCUT2D eigenvalue weighted by Gasteiger charge is -2.18. The third kappa shape index (κ3) is 1.77. The van der Waals surface area contributed by atoms with Gasteiger partial charge in [0.15, 0.2) is 5.78 Å². The van der Waals surface area contributed by atoms with Gasteiger partial charge in [0, 0.05) is 17.4 Å². The third-order valence-electron chi connectivity index (χ3n) is 4.05. The SMILES string of the molecule is CCOC(=O)C1[C@H]2c3c(ccc(C(C)=O)c3O)OC[C@@H]12. The largest absolute Gasteiger partial charge is 0.507 e. The molecule has 1 heterocycles. The summed E-state index contributed by atoms with van der Waals surface area (Å²) in [5, 5.41) is 10.3. The number of hydrogen-bond acceptors (Lipinski definition) is 5. The average molecular weight is 276 g/mol. The molecule has 0 radical (unpaired) electrons. The lowest BCUT2D eigenvalue weighted by Crippen LogP contribution is -2.11.